The molecular formula is C30H17NS2. The standard InChI is InChI=1S/C30H17NS2/c1-3-12-26-20(7-1)22-10-5-8-19(30(22)33-26)18-15-16-24-23(17-18)21-9-6-14-28-29(21)31(24)25-11-2-4-13-27(25)32-28/h1-17H. The average Bonchev–Trinajstić information content (AvgIpc) is 3.41. The van der Waals surface area contributed by atoms with Gasteiger partial charge in [0.25, 0.3) is 0 Å². The third-order valence-electron chi connectivity index (χ3n) is 6.79. The van der Waals surface area contributed by atoms with E-state index in [0.29, 0.717) is 0 Å². The van der Waals surface area contributed by atoms with Crippen molar-refractivity contribution in [1.82, 2.24) is 4.57 Å². The minimum atomic E-state index is 1.28. The van der Waals surface area contributed by atoms with Gasteiger partial charge in [-0.3, -0.25) is 0 Å². The molecule has 0 N–H and O–H groups in total. The van der Waals surface area contributed by atoms with E-state index in [1.54, 1.807) is 0 Å². The molecule has 0 aliphatic carbocycles. The molecule has 3 heteroatoms. The van der Waals surface area contributed by atoms with Gasteiger partial charge in [0.1, 0.15) is 0 Å². The summed E-state index contributed by atoms with van der Waals surface area (Å²) in [6.07, 6.45) is 0. The highest BCUT2D eigenvalue weighted by Gasteiger charge is 2.22. The van der Waals surface area contributed by atoms with E-state index in [-0.39, 0.29) is 0 Å². The molecule has 0 radical (unpaired) electrons. The van der Waals surface area contributed by atoms with Crippen LogP contribution in [0.4, 0.5) is 0 Å². The number of hydrogen-bond acceptors (Lipinski definition) is 2. The summed E-state index contributed by atoms with van der Waals surface area (Å²) in [6, 6.07) is 37.9. The van der Waals surface area contributed by atoms with Crippen LogP contribution in [0.1, 0.15) is 0 Å². The van der Waals surface area contributed by atoms with E-state index >= 15 is 0 Å². The molecule has 2 aromatic heterocycles. The second kappa shape index (κ2) is 6.50. The van der Waals surface area contributed by atoms with Gasteiger partial charge in [0.15, 0.2) is 0 Å². The summed E-state index contributed by atoms with van der Waals surface area (Å²) >= 11 is 3.77. The molecule has 3 heterocycles. The van der Waals surface area contributed by atoms with Crippen molar-refractivity contribution in [3.8, 4) is 16.8 Å². The fourth-order valence-corrected chi connectivity index (χ4v) is 7.69. The number of fused-ring (bicyclic) bond motifs is 8. The maximum absolute atomic E-state index is 2.45. The first kappa shape index (κ1) is 18.0. The molecule has 5 aromatic carbocycles. The van der Waals surface area contributed by atoms with Crippen LogP contribution in [0.15, 0.2) is 113 Å². The Labute approximate surface area is 198 Å². The van der Waals surface area contributed by atoms with Crippen molar-refractivity contribution in [2.24, 2.45) is 0 Å². The normalized spacial score (nSPS) is 12.7. The van der Waals surface area contributed by atoms with Gasteiger partial charge in [0.05, 0.1) is 16.7 Å². The SMILES string of the molecule is c1ccc2c(c1)Sc1cccc3c4cc(-c5cccc6c5sc5ccccc56)ccc4n-2c13. The van der Waals surface area contributed by atoms with Crippen LogP contribution < -0.4 is 0 Å². The Kier molecular flexibility index (Phi) is 3.54. The van der Waals surface area contributed by atoms with Crippen LogP contribution >= 0.6 is 23.1 Å². The number of hydrogen-bond donors (Lipinski definition) is 0. The minimum Gasteiger partial charge on any atom is -0.307 e. The highest BCUT2D eigenvalue weighted by atomic mass is 32.2. The largest absolute Gasteiger partial charge is 0.307 e. The van der Waals surface area contributed by atoms with Gasteiger partial charge in [-0.1, -0.05) is 78.5 Å². The first-order valence-corrected chi connectivity index (χ1v) is 12.8. The second-order valence-corrected chi connectivity index (χ2v) is 10.7. The Bertz CT molecular complexity index is 1900. The van der Waals surface area contributed by atoms with Crippen molar-refractivity contribution in [3.05, 3.63) is 103 Å². The second-order valence-electron chi connectivity index (χ2n) is 8.57. The minimum absolute atomic E-state index is 1.28. The van der Waals surface area contributed by atoms with Crippen LogP contribution in [0.3, 0.4) is 0 Å². The van der Waals surface area contributed by atoms with Crippen molar-refractivity contribution in [2.75, 3.05) is 0 Å². The molecule has 33 heavy (non-hydrogen) atoms. The Balaban J connectivity index is 1.46. The average molecular weight is 456 g/mol. The van der Waals surface area contributed by atoms with Gasteiger partial charge in [-0.2, -0.15) is 0 Å². The molecule has 1 aliphatic rings. The summed E-state index contributed by atoms with van der Waals surface area (Å²) in [6.45, 7) is 0. The van der Waals surface area contributed by atoms with Gasteiger partial charge in [0, 0.05) is 40.7 Å². The third-order valence-corrected chi connectivity index (χ3v) is 9.13. The van der Waals surface area contributed by atoms with Crippen LogP contribution in [-0.4, -0.2) is 4.57 Å². The number of benzene rings is 5. The van der Waals surface area contributed by atoms with Crippen molar-refractivity contribution in [2.45, 2.75) is 9.79 Å². The van der Waals surface area contributed by atoms with Gasteiger partial charge in [0.2, 0.25) is 0 Å². The molecule has 154 valence electrons. The summed E-state index contributed by atoms with van der Waals surface area (Å²) in [7, 11) is 0. The number of nitrogens with zero attached hydrogens (tertiary/aromatic N) is 1. The number of rotatable bonds is 1. The molecule has 0 amide bonds. The monoisotopic (exact) mass is 455 g/mol. The van der Waals surface area contributed by atoms with Crippen molar-refractivity contribution in [1.29, 1.82) is 0 Å². The molecule has 0 saturated carbocycles. The lowest BCUT2D eigenvalue weighted by Crippen LogP contribution is -2.00. The van der Waals surface area contributed by atoms with Crippen molar-refractivity contribution >= 4 is 65.1 Å². The van der Waals surface area contributed by atoms with E-state index in [1.807, 2.05) is 23.1 Å². The topological polar surface area (TPSA) is 4.93 Å². The highest BCUT2D eigenvalue weighted by Crippen LogP contribution is 2.47. The van der Waals surface area contributed by atoms with Crippen LogP contribution in [0.5, 0.6) is 0 Å². The Morgan fingerprint density at radius 1 is 0.576 bits per heavy atom. The fourth-order valence-electron chi connectivity index (χ4n) is 5.36. The lowest BCUT2D eigenvalue weighted by atomic mass is 10.0. The highest BCUT2D eigenvalue weighted by molar-refractivity contribution is 7.99. The molecule has 8 rings (SSSR count). The van der Waals surface area contributed by atoms with E-state index in [1.165, 1.54) is 68.6 Å². The first-order chi connectivity index (χ1) is 16.4. The lowest BCUT2D eigenvalue weighted by molar-refractivity contribution is 1.09. The first-order valence-electron chi connectivity index (χ1n) is 11.1. The van der Waals surface area contributed by atoms with Gasteiger partial charge >= 0.3 is 0 Å². The molecule has 7 aromatic rings. The number of para-hydroxylation sites is 2. The molecule has 0 fully saturated rings. The zero-order valence-corrected chi connectivity index (χ0v) is 19.2. The van der Waals surface area contributed by atoms with Crippen LogP contribution in [0.25, 0.3) is 58.8 Å². The summed E-state index contributed by atoms with van der Waals surface area (Å²) in [4.78, 5) is 2.64. The predicted octanol–water partition coefficient (Wildman–Crippen LogP) is 9.28. The van der Waals surface area contributed by atoms with E-state index < -0.39 is 0 Å². The van der Waals surface area contributed by atoms with E-state index in [2.05, 4.69) is 108 Å². The summed E-state index contributed by atoms with van der Waals surface area (Å²) in [5.74, 6) is 0. The van der Waals surface area contributed by atoms with Gasteiger partial charge in [-0.25, -0.2) is 0 Å². The van der Waals surface area contributed by atoms with Crippen molar-refractivity contribution < 1.29 is 0 Å². The predicted molar refractivity (Wildman–Crippen MR) is 143 cm³/mol. The van der Waals surface area contributed by atoms with E-state index in [9.17, 15) is 0 Å². The Morgan fingerprint density at radius 3 is 2.36 bits per heavy atom. The number of thiophene rings is 1. The maximum Gasteiger partial charge on any atom is 0.0681 e. The Hall–Kier alpha value is -3.53. The molecule has 0 bridgehead atoms. The van der Waals surface area contributed by atoms with Crippen LogP contribution in [-0.2, 0) is 0 Å². The third kappa shape index (κ3) is 2.38. The van der Waals surface area contributed by atoms with Gasteiger partial charge in [-0.15, -0.1) is 11.3 Å². The fraction of sp³-hybridized carbons (Fsp3) is 0. The Morgan fingerprint density at radius 2 is 1.36 bits per heavy atom. The zero-order valence-electron chi connectivity index (χ0n) is 17.6. The lowest BCUT2D eigenvalue weighted by Gasteiger charge is -2.19. The quantitative estimate of drug-likeness (QED) is 0.239. The molecule has 0 atom stereocenters. The zero-order chi connectivity index (χ0) is 21.5. The van der Waals surface area contributed by atoms with Gasteiger partial charge in [-0.05, 0) is 47.5 Å². The summed E-state index contributed by atoms with van der Waals surface area (Å²) < 4.78 is 5.17. The molecule has 1 nitrogen and oxygen atoms in total. The molecule has 0 saturated heterocycles. The molecule has 0 unspecified atom stereocenters. The molecule has 0 spiro atoms. The van der Waals surface area contributed by atoms with Gasteiger partial charge < -0.3 is 4.57 Å². The molecular weight excluding hydrogens is 438 g/mol. The van der Waals surface area contributed by atoms with E-state index in [0.717, 1.165) is 0 Å². The smallest absolute Gasteiger partial charge is 0.0681 e. The van der Waals surface area contributed by atoms with Crippen molar-refractivity contribution in [3.63, 3.8) is 0 Å². The number of aromatic nitrogens is 1. The molecule has 1 aliphatic heterocycles. The van der Waals surface area contributed by atoms with E-state index in [4.69, 9.17) is 0 Å². The van der Waals surface area contributed by atoms with Crippen LogP contribution in [0, 0.1) is 0 Å². The maximum atomic E-state index is 2.45. The summed E-state index contributed by atoms with van der Waals surface area (Å²) in [5, 5.41) is 5.34. The summed E-state index contributed by atoms with van der Waals surface area (Å²) in [5.41, 5.74) is 6.48. The van der Waals surface area contributed by atoms with Crippen LogP contribution in [0.2, 0.25) is 0 Å².